The highest BCUT2D eigenvalue weighted by molar-refractivity contribution is 5.61. The molecule has 0 unspecified atom stereocenters. The Morgan fingerprint density at radius 1 is 1.29 bits per heavy atom. The Morgan fingerprint density at radius 2 is 2.18 bits per heavy atom. The first-order valence-corrected chi connectivity index (χ1v) is 5.26. The standard InChI is InChI=1S/C12H11N5/c1-2-15-12-9(7-13)3-4-10(17-12)11-8-14-5-6-16-11/h3-6,8H,2H2,1H3,(H,15,17). The molecule has 17 heavy (non-hydrogen) atoms. The third-order valence-electron chi connectivity index (χ3n) is 2.19. The van der Waals surface area contributed by atoms with E-state index >= 15 is 0 Å². The van der Waals surface area contributed by atoms with Crippen LogP contribution < -0.4 is 5.32 Å². The van der Waals surface area contributed by atoms with E-state index in [9.17, 15) is 0 Å². The molecule has 2 heterocycles. The van der Waals surface area contributed by atoms with E-state index in [2.05, 4.69) is 26.3 Å². The third-order valence-corrected chi connectivity index (χ3v) is 2.19. The fraction of sp³-hybridized carbons (Fsp3) is 0.167. The van der Waals surface area contributed by atoms with E-state index in [1.165, 1.54) is 0 Å². The zero-order chi connectivity index (χ0) is 12.1. The summed E-state index contributed by atoms with van der Waals surface area (Å²) in [5, 5.41) is 12.0. The lowest BCUT2D eigenvalue weighted by atomic mass is 10.2. The van der Waals surface area contributed by atoms with Gasteiger partial charge in [0.25, 0.3) is 0 Å². The van der Waals surface area contributed by atoms with Crippen LogP contribution in [0, 0.1) is 11.3 Å². The summed E-state index contributed by atoms with van der Waals surface area (Å²) in [7, 11) is 0. The van der Waals surface area contributed by atoms with Crippen LogP contribution in [-0.2, 0) is 0 Å². The quantitative estimate of drug-likeness (QED) is 0.862. The Balaban J connectivity index is 2.45. The molecule has 0 bridgehead atoms. The zero-order valence-corrected chi connectivity index (χ0v) is 9.38. The molecule has 0 amide bonds. The average Bonchev–Trinajstić information content (AvgIpc) is 2.40. The highest BCUT2D eigenvalue weighted by atomic mass is 15.0. The molecule has 1 N–H and O–H groups in total. The van der Waals surface area contributed by atoms with E-state index in [-0.39, 0.29) is 0 Å². The van der Waals surface area contributed by atoms with Crippen LogP contribution in [0.2, 0.25) is 0 Å². The normalized spacial score (nSPS) is 9.65. The van der Waals surface area contributed by atoms with Gasteiger partial charge in [0.15, 0.2) is 0 Å². The summed E-state index contributed by atoms with van der Waals surface area (Å²) in [6.07, 6.45) is 4.87. The van der Waals surface area contributed by atoms with Gasteiger partial charge in [0.05, 0.1) is 17.5 Å². The first-order valence-electron chi connectivity index (χ1n) is 5.26. The van der Waals surface area contributed by atoms with Crippen molar-refractivity contribution in [3.63, 3.8) is 0 Å². The van der Waals surface area contributed by atoms with Gasteiger partial charge in [0.1, 0.15) is 17.6 Å². The molecule has 0 aliphatic rings. The summed E-state index contributed by atoms with van der Waals surface area (Å²) in [5.41, 5.74) is 1.92. The molecule has 0 saturated heterocycles. The molecule has 5 heteroatoms. The number of pyridine rings is 1. The first-order chi connectivity index (χ1) is 8.35. The van der Waals surface area contributed by atoms with E-state index in [1.807, 2.05) is 6.92 Å². The Hall–Kier alpha value is -2.48. The van der Waals surface area contributed by atoms with Gasteiger partial charge in [-0.15, -0.1) is 0 Å². The molecule has 84 valence electrons. The first kappa shape index (κ1) is 11.0. The Morgan fingerprint density at radius 3 is 2.82 bits per heavy atom. The Bertz CT molecular complexity index is 545. The molecule has 5 nitrogen and oxygen atoms in total. The summed E-state index contributed by atoms with van der Waals surface area (Å²) in [4.78, 5) is 12.5. The Labute approximate surface area is 99.2 Å². The van der Waals surface area contributed by atoms with Crippen molar-refractivity contribution in [3.05, 3.63) is 36.3 Å². The number of hydrogen-bond acceptors (Lipinski definition) is 5. The van der Waals surface area contributed by atoms with E-state index in [0.29, 0.717) is 29.3 Å². The van der Waals surface area contributed by atoms with E-state index in [1.54, 1.807) is 30.7 Å². The minimum Gasteiger partial charge on any atom is -0.369 e. The minimum absolute atomic E-state index is 0.527. The molecular weight excluding hydrogens is 214 g/mol. The minimum atomic E-state index is 0.527. The van der Waals surface area contributed by atoms with Gasteiger partial charge in [-0.25, -0.2) is 4.98 Å². The van der Waals surface area contributed by atoms with Crippen LogP contribution >= 0.6 is 0 Å². The second kappa shape index (κ2) is 5.03. The molecule has 0 atom stereocenters. The SMILES string of the molecule is CCNc1nc(-c2cnccn2)ccc1C#N. The third kappa shape index (κ3) is 2.37. The number of nitrogens with zero attached hydrogens (tertiary/aromatic N) is 4. The number of anilines is 1. The van der Waals surface area contributed by atoms with Gasteiger partial charge in [-0.2, -0.15) is 5.26 Å². The fourth-order valence-corrected chi connectivity index (χ4v) is 1.43. The summed E-state index contributed by atoms with van der Waals surface area (Å²) in [6, 6.07) is 5.60. The number of nitrogens with one attached hydrogen (secondary N) is 1. The van der Waals surface area contributed by atoms with Crippen LogP contribution in [0.3, 0.4) is 0 Å². The van der Waals surface area contributed by atoms with Crippen molar-refractivity contribution in [2.24, 2.45) is 0 Å². The molecule has 0 aliphatic heterocycles. The molecule has 2 aromatic heterocycles. The Kier molecular flexibility index (Phi) is 3.26. The lowest BCUT2D eigenvalue weighted by Crippen LogP contribution is -2.03. The summed E-state index contributed by atoms with van der Waals surface area (Å²) in [6.45, 7) is 2.67. The van der Waals surface area contributed by atoms with Gasteiger partial charge in [-0.1, -0.05) is 0 Å². The lowest BCUT2D eigenvalue weighted by Gasteiger charge is -2.06. The zero-order valence-electron chi connectivity index (χ0n) is 9.38. The highest BCUT2D eigenvalue weighted by Crippen LogP contribution is 2.18. The van der Waals surface area contributed by atoms with Gasteiger partial charge >= 0.3 is 0 Å². The second-order valence-electron chi connectivity index (χ2n) is 3.33. The predicted octanol–water partition coefficient (Wildman–Crippen LogP) is 1.84. The van der Waals surface area contributed by atoms with Gasteiger partial charge < -0.3 is 5.32 Å². The van der Waals surface area contributed by atoms with Crippen LogP contribution in [0.25, 0.3) is 11.4 Å². The van der Waals surface area contributed by atoms with E-state index in [0.717, 1.165) is 0 Å². The molecule has 0 aliphatic carbocycles. The van der Waals surface area contributed by atoms with Crippen LogP contribution in [0.1, 0.15) is 12.5 Å². The highest BCUT2D eigenvalue weighted by Gasteiger charge is 2.06. The van der Waals surface area contributed by atoms with Gasteiger partial charge in [0, 0.05) is 18.9 Å². The van der Waals surface area contributed by atoms with Gasteiger partial charge in [-0.05, 0) is 19.1 Å². The van der Waals surface area contributed by atoms with E-state index < -0.39 is 0 Å². The van der Waals surface area contributed by atoms with Crippen molar-refractivity contribution in [2.75, 3.05) is 11.9 Å². The molecular formula is C12H11N5. The molecule has 0 saturated carbocycles. The maximum Gasteiger partial charge on any atom is 0.144 e. The molecule has 0 spiro atoms. The summed E-state index contributed by atoms with van der Waals surface area (Å²) < 4.78 is 0. The van der Waals surface area contributed by atoms with Crippen molar-refractivity contribution in [2.45, 2.75) is 6.92 Å². The number of rotatable bonds is 3. The lowest BCUT2D eigenvalue weighted by molar-refractivity contribution is 1.13. The van der Waals surface area contributed by atoms with Crippen molar-refractivity contribution >= 4 is 5.82 Å². The largest absolute Gasteiger partial charge is 0.369 e. The summed E-state index contributed by atoms with van der Waals surface area (Å²) >= 11 is 0. The monoisotopic (exact) mass is 225 g/mol. The predicted molar refractivity (Wildman–Crippen MR) is 64.1 cm³/mol. The molecule has 2 aromatic rings. The molecule has 2 rings (SSSR count). The van der Waals surface area contributed by atoms with Crippen LogP contribution in [0.5, 0.6) is 0 Å². The number of hydrogen-bond donors (Lipinski definition) is 1. The van der Waals surface area contributed by atoms with Gasteiger partial charge in [0.2, 0.25) is 0 Å². The van der Waals surface area contributed by atoms with Crippen molar-refractivity contribution in [3.8, 4) is 17.5 Å². The molecule has 0 radical (unpaired) electrons. The molecule has 0 fully saturated rings. The smallest absolute Gasteiger partial charge is 0.144 e. The van der Waals surface area contributed by atoms with Crippen molar-refractivity contribution < 1.29 is 0 Å². The van der Waals surface area contributed by atoms with Crippen LogP contribution in [0.15, 0.2) is 30.7 Å². The van der Waals surface area contributed by atoms with Crippen molar-refractivity contribution in [1.82, 2.24) is 15.0 Å². The fourth-order valence-electron chi connectivity index (χ4n) is 1.43. The number of aromatic nitrogens is 3. The van der Waals surface area contributed by atoms with Gasteiger partial charge in [-0.3, -0.25) is 9.97 Å². The van der Waals surface area contributed by atoms with Crippen molar-refractivity contribution in [1.29, 1.82) is 5.26 Å². The topological polar surface area (TPSA) is 74.5 Å². The molecule has 0 aromatic carbocycles. The number of nitriles is 1. The van der Waals surface area contributed by atoms with Crippen LogP contribution in [0.4, 0.5) is 5.82 Å². The summed E-state index contributed by atoms with van der Waals surface area (Å²) in [5.74, 6) is 0.582. The maximum absolute atomic E-state index is 8.95. The maximum atomic E-state index is 8.95. The van der Waals surface area contributed by atoms with E-state index in [4.69, 9.17) is 5.26 Å². The second-order valence-corrected chi connectivity index (χ2v) is 3.33. The van der Waals surface area contributed by atoms with Crippen LogP contribution in [-0.4, -0.2) is 21.5 Å². The average molecular weight is 225 g/mol.